The number of unbranched alkanes of at least 4 members (excludes halogenated alkanes) is 6. The van der Waals surface area contributed by atoms with E-state index in [-0.39, 0.29) is 24.3 Å². The lowest BCUT2D eigenvalue weighted by molar-refractivity contribution is -0.141. The lowest BCUT2D eigenvalue weighted by Gasteiger charge is -2.14. The first-order chi connectivity index (χ1) is 12.5. The highest BCUT2D eigenvalue weighted by Crippen LogP contribution is 2.14. The van der Waals surface area contributed by atoms with E-state index >= 15 is 0 Å². The fourth-order valence-electron chi connectivity index (χ4n) is 2.76. The largest absolute Gasteiger partial charge is 0.480 e. The molecule has 26 heavy (non-hydrogen) atoms. The summed E-state index contributed by atoms with van der Waals surface area (Å²) >= 11 is 0. The highest BCUT2D eigenvalue weighted by molar-refractivity contribution is 6.03. The van der Waals surface area contributed by atoms with Crippen LogP contribution in [0.3, 0.4) is 0 Å². The van der Waals surface area contributed by atoms with Crippen LogP contribution >= 0.6 is 0 Å². The van der Waals surface area contributed by atoms with E-state index in [1.165, 1.54) is 25.7 Å². The number of nitrogens with two attached hydrogens (primary N) is 1. The van der Waals surface area contributed by atoms with Crippen molar-refractivity contribution in [2.75, 3.05) is 5.73 Å². The van der Waals surface area contributed by atoms with Crippen LogP contribution in [0, 0.1) is 0 Å². The molecule has 144 valence electrons. The molecular weight excluding hydrogens is 332 g/mol. The highest BCUT2D eigenvalue weighted by Gasteiger charge is 2.24. The van der Waals surface area contributed by atoms with Crippen molar-refractivity contribution in [1.82, 2.24) is 5.32 Å². The Morgan fingerprint density at radius 1 is 1.04 bits per heavy atom. The van der Waals surface area contributed by atoms with Gasteiger partial charge < -0.3 is 16.2 Å². The van der Waals surface area contributed by atoms with Crippen LogP contribution in [-0.4, -0.2) is 28.8 Å². The molecular formula is C20H30N2O4. The normalized spacial score (nSPS) is 11.7. The summed E-state index contributed by atoms with van der Waals surface area (Å²) in [7, 11) is 0. The van der Waals surface area contributed by atoms with Crippen molar-refractivity contribution in [3.8, 4) is 0 Å². The van der Waals surface area contributed by atoms with Gasteiger partial charge in [-0.2, -0.15) is 0 Å². The number of rotatable bonds is 13. The predicted octanol–water partition coefficient (Wildman–Crippen LogP) is 3.55. The van der Waals surface area contributed by atoms with Crippen LogP contribution in [0.4, 0.5) is 5.69 Å². The maximum absolute atomic E-state index is 12.3. The third kappa shape index (κ3) is 8.14. The van der Waals surface area contributed by atoms with Crippen molar-refractivity contribution < 1.29 is 19.5 Å². The molecule has 0 saturated carbocycles. The number of hydrogen-bond acceptors (Lipinski definition) is 4. The molecule has 0 bridgehead atoms. The quantitative estimate of drug-likeness (QED) is 0.282. The van der Waals surface area contributed by atoms with Crippen molar-refractivity contribution in [2.45, 2.75) is 70.8 Å². The zero-order valence-corrected chi connectivity index (χ0v) is 15.5. The molecule has 4 N–H and O–H groups in total. The number of aliphatic carboxylic acids is 1. The fraction of sp³-hybridized carbons (Fsp3) is 0.550. The number of carboxylic acid groups (broad SMARTS) is 1. The van der Waals surface area contributed by atoms with E-state index in [1.54, 1.807) is 24.3 Å². The van der Waals surface area contributed by atoms with Gasteiger partial charge in [0.15, 0.2) is 5.78 Å². The van der Waals surface area contributed by atoms with Crippen LogP contribution in [0.1, 0.15) is 75.1 Å². The standard InChI is InChI=1S/C20H30N2O4/c1-2-3-4-5-6-7-8-13-19(24)22-17(20(25)26)14-18(23)15-11-9-10-12-16(15)21/h9-12,17H,2-8,13-14,21H2,1H3,(H,22,24)(H,25,26)/t17-/m0/s1. The molecule has 0 radical (unpaired) electrons. The van der Waals surface area contributed by atoms with Gasteiger partial charge in [-0.3, -0.25) is 9.59 Å². The Morgan fingerprint density at radius 2 is 1.65 bits per heavy atom. The molecule has 0 heterocycles. The second-order valence-corrected chi connectivity index (χ2v) is 6.54. The lowest BCUT2D eigenvalue weighted by atomic mass is 10.0. The zero-order valence-electron chi connectivity index (χ0n) is 15.5. The third-order valence-electron chi connectivity index (χ3n) is 4.29. The monoisotopic (exact) mass is 362 g/mol. The molecule has 6 heteroatoms. The predicted molar refractivity (Wildman–Crippen MR) is 102 cm³/mol. The highest BCUT2D eigenvalue weighted by atomic mass is 16.4. The fourth-order valence-corrected chi connectivity index (χ4v) is 2.76. The lowest BCUT2D eigenvalue weighted by Crippen LogP contribution is -2.42. The first-order valence-corrected chi connectivity index (χ1v) is 9.35. The molecule has 0 aliphatic rings. The van der Waals surface area contributed by atoms with Crippen molar-refractivity contribution >= 4 is 23.3 Å². The zero-order chi connectivity index (χ0) is 19.4. The number of anilines is 1. The second kappa shape index (κ2) is 12.1. The van der Waals surface area contributed by atoms with Gasteiger partial charge in [0, 0.05) is 24.1 Å². The molecule has 6 nitrogen and oxygen atoms in total. The van der Waals surface area contributed by atoms with E-state index in [2.05, 4.69) is 12.2 Å². The van der Waals surface area contributed by atoms with Crippen LogP contribution in [-0.2, 0) is 9.59 Å². The van der Waals surface area contributed by atoms with Crippen molar-refractivity contribution in [1.29, 1.82) is 0 Å². The van der Waals surface area contributed by atoms with Gasteiger partial charge in [0.2, 0.25) is 5.91 Å². The summed E-state index contributed by atoms with van der Waals surface area (Å²) in [5, 5.41) is 11.7. The van der Waals surface area contributed by atoms with E-state index < -0.39 is 17.8 Å². The number of amides is 1. The minimum absolute atomic E-state index is 0.277. The third-order valence-corrected chi connectivity index (χ3v) is 4.29. The van der Waals surface area contributed by atoms with E-state index in [9.17, 15) is 19.5 Å². The number of Topliss-reactive ketones (excluding diaryl/α,β-unsaturated/α-hetero) is 1. The molecule has 0 fully saturated rings. The summed E-state index contributed by atoms with van der Waals surface area (Å²) in [6, 6.07) is 5.27. The van der Waals surface area contributed by atoms with Gasteiger partial charge in [-0.15, -0.1) is 0 Å². The van der Waals surface area contributed by atoms with Crippen LogP contribution in [0.25, 0.3) is 0 Å². The summed E-state index contributed by atoms with van der Waals surface area (Å²) in [5.41, 5.74) is 6.32. The van der Waals surface area contributed by atoms with Crippen LogP contribution in [0.2, 0.25) is 0 Å². The average molecular weight is 362 g/mol. The minimum atomic E-state index is -1.24. The summed E-state index contributed by atoms with van der Waals surface area (Å²) < 4.78 is 0. The first kappa shape index (κ1) is 21.7. The van der Waals surface area contributed by atoms with Gasteiger partial charge in [0.25, 0.3) is 0 Å². The molecule has 0 aliphatic carbocycles. The Hall–Kier alpha value is -2.37. The number of ketones is 1. The van der Waals surface area contributed by atoms with E-state index in [0.29, 0.717) is 5.69 Å². The number of carbonyl (C=O) groups excluding carboxylic acids is 2. The van der Waals surface area contributed by atoms with Gasteiger partial charge in [-0.05, 0) is 18.6 Å². The number of nitrogen functional groups attached to an aromatic ring is 1. The average Bonchev–Trinajstić information content (AvgIpc) is 2.60. The maximum Gasteiger partial charge on any atom is 0.326 e. The Balaban J connectivity index is 2.40. The molecule has 1 aromatic rings. The van der Waals surface area contributed by atoms with Gasteiger partial charge in [0.05, 0.1) is 0 Å². The van der Waals surface area contributed by atoms with Crippen molar-refractivity contribution in [2.24, 2.45) is 0 Å². The molecule has 1 amide bonds. The number of nitrogens with one attached hydrogen (secondary N) is 1. The summed E-state index contributed by atoms with van der Waals surface area (Å²) in [6.45, 7) is 2.17. The Morgan fingerprint density at radius 3 is 2.27 bits per heavy atom. The molecule has 1 atom stereocenters. The SMILES string of the molecule is CCCCCCCCCC(=O)N[C@@H](CC(=O)c1ccccc1N)C(=O)O. The molecule has 0 aliphatic heterocycles. The molecule has 0 spiro atoms. The maximum atomic E-state index is 12.3. The van der Waals surface area contributed by atoms with E-state index in [4.69, 9.17) is 5.73 Å². The summed E-state index contributed by atoms with van der Waals surface area (Å²) in [4.78, 5) is 35.6. The van der Waals surface area contributed by atoms with Gasteiger partial charge in [-0.25, -0.2) is 4.79 Å². The summed E-state index contributed by atoms with van der Waals surface area (Å²) in [5.74, 6) is -1.95. The smallest absolute Gasteiger partial charge is 0.326 e. The molecule has 1 aromatic carbocycles. The summed E-state index contributed by atoms with van der Waals surface area (Å²) in [6.07, 6.45) is 7.55. The van der Waals surface area contributed by atoms with Crippen LogP contribution in [0.5, 0.6) is 0 Å². The molecule has 0 saturated heterocycles. The van der Waals surface area contributed by atoms with E-state index in [1.807, 2.05) is 0 Å². The number of benzene rings is 1. The second-order valence-electron chi connectivity index (χ2n) is 6.54. The van der Waals surface area contributed by atoms with Gasteiger partial charge >= 0.3 is 5.97 Å². The number of para-hydroxylation sites is 1. The number of carbonyl (C=O) groups is 3. The topological polar surface area (TPSA) is 109 Å². The Kier molecular flexibility index (Phi) is 10.1. The number of hydrogen-bond donors (Lipinski definition) is 3. The van der Waals surface area contributed by atoms with Crippen LogP contribution < -0.4 is 11.1 Å². The molecule has 1 rings (SSSR count). The Labute approximate surface area is 155 Å². The van der Waals surface area contributed by atoms with E-state index in [0.717, 1.165) is 19.3 Å². The molecule has 0 unspecified atom stereocenters. The first-order valence-electron chi connectivity index (χ1n) is 9.35. The van der Waals surface area contributed by atoms with Crippen molar-refractivity contribution in [3.63, 3.8) is 0 Å². The Bertz CT molecular complexity index is 601. The van der Waals surface area contributed by atoms with Crippen molar-refractivity contribution in [3.05, 3.63) is 29.8 Å². The minimum Gasteiger partial charge on any atom is -0.480 e. The molecule has 0 aromatic heterocycles. The number of carboxylic acids is 1. The van der Waals surface area contributed by atoms with Gasteiger partial charge in [-0.1, -0.05) is 57.6 Å². The van der Waals surface area contributed by atoms with Gasteiger partial charge in [0.1, 0.15) is 6.04 Å². The van der Waals surface area contributed by atoms with Crippen LogP contribution in [0.15, 0.2) is 24.3 Å².